The fourth-order valence-corrected chi connectivity index (χ4v) is 2.85. The van der Waals surface area contributed by atoms with Crippen LogP contribution in [0.1, 0.15) is 0 Å². The third-order valence-corrected chi connectivity index (χ3v) is 2.93. The quantitative estimate of drug-likeness (QED) is 0.514. The predicted molar refractivity (Wildman–Crippen MR) is 38.4 cm³/mol. The van der Waals surface area contributed by atoms with Crippen molar-refractivity contribution in [3.05, 3.63) is 0 Å². The molecule has 0 atom stereocenters. The molecule has 5 nitrogen and oxygen atoms in total. The van der Waals surface area contributed by atoms with Crippen molar-refractivity contribution >= 4 is 91.2 Å². The van der Waals surface area contributed by atoms with Gasteiger partial charge in [0.05, 0.1) is 0 Å². The summed E-state index contributed by atoms with van der Waals surface area (Å²) in [6, 6.07) is 0. The van der Waals surface area contributed by atoms with Gasteiger partial charge >= 0.3 is 18.5 Å². The van der Waals surface area contributed by atoms with Crippen molar-refractivity contribution in [2.75, 3.05) is 0 Å². The minimum absolute atomic E-state index is 0. The first kappa shape index (κ1) is 14.6. The monoisotopic (exact) mass is 252 g/mol. The molecule has 0 aliphatic carbocycles. The molecule has 0 aliphatic rings. The maximum atomic E-state index is 9.84. The van der Waals surface area contributed by atoms with E-state index in [1.54, 1.807) is 0 Å². The van der Waals surface area contributed by atoms with Crippen LogP contribution in [0.5, 0.6) is 0 Å². The van der Waals surface area contributed by atoms with Gasteiger partial charge < -0.3 is 0 Å². The zero-order valence-corrected chi connectivity index (χ0v) is 11.0. The summed E-state index contributed by atoms with van der Waals surface area (Å²) in [5.41, 5.74) is 0. The van der Waals surface area contributed by atoms with Gasteiger partial charge in [-0.25, -0.2) is 0 Å². The van der Waals surface area contributed by atoms with Gasteiger partial charge in [0.15, 0.2) is 0 Å². The minimum Gasteiger partial charge on any atom is -0.194 e. The minimum atomic E-state index is -4.28. The molecule has 0 saturated heterocycles. The number of halogens is 2. The Hall–Kier alpha value is 2.08. The molecule has 0 unspecified atom stereocenters. The maximum absolute atomic E-state index is 9.84. The molecule has 0 aliphatic heterocycles. The molecule has 10 heteroatoms. The first-order valence-corrected chi connectivity index (χ1v) is 6.00. The van der Waals surface area contributed by atoms with Crippen LogP contribution < -0.4 is 4.13 Å². The van der Waals surface area contributed by atoms with Gasteiger partial charge in [0, 0.05) is 72.7 Å². The zero-order chi connectivity index (χ0) is 7.71. The third-order valence-electron chi connectivity index (χ3n) is 0.199. The zero-order valence-electron chi connectivity index (χ0n) is 4.71. The molecule has 0 aromatic rings. The van der Waals surface area contributed by atoms with E-state index >= 15 is 0 Å². The van der Waals surface area contributed by atoms with Crippen LogP contribution in [0.2, 0.25) is 0 Å². The molecule has 1 radical (unpaired) electrons. The standard InChI is InChI=1S/Cl2HNO4S2.K/c1-8(4,5)3-9(2,6)7;/h3H;. The number of hydrogen-bond donors (Lipinski definition) is 1. The molecule has 0 rings (SSSR count). The second-order valence-corrected chi connectivity index (χ2v) is 5.81. The van der Waals surface area contributed by atoms with Gasteiger partial charge in [0.25, 0.3) is 0 Å². The fourth-order valence-electron chi connectivity index (χ4n) is 0.119. The maximum Gasteiger partial charge on any atom is 0.311 e. The fraction of sp³-hybridized carbons (Fsp3) is 0. The molecule has 1 N–H and O–H groups in total. The predicted octanol–water partition coefficient (Wildman–Crippen LogP) is -0.838. The van der Waals surface area contributed by atoms with Gasteiger partial charge in [-0.15, -0.1) is 0 Å². The average Bonchev–Trinajstić information content (AvgIpc) is 1.14. The molecular weight excluding hydrogens is 252 g/mol. The summed E-state index contributed by atoms with van der Waals surface area (Å²) in [6.45, 7) is 0. The molecule has 0 aromatic heterocycles. The number of nitrogens with one attached hydrogen (secondary N) is 1. The Morgan fingerprint density at radius 2 is 1.10 bits per heavy atom. The summed E-state index contributed by atoms with van der Waals surface area (Å²) in [4.78, 5) is 0. The Labute approximate surface area is 110 Å². The van der Waals surface area contributed by atoms with Crippen molar-refractivity contribution < 1.29 is 16.8 Å². The van der Waals surface area contributed by atoms with E-state index in [4.69, 9.17) is 0 Å². The van der Waals surface area contributed by atoms with Crippen LogP contribution in [0.15, 0.2) is 0 Å². The van der Waals surface area contributed by atoms with E-state index in [-0.39, 0.29) is 51.4 Å². The SMILES string of the molecule is O=S(=O)(Cl)NS(=O)(=O)Cl.[K]. The Balaban J connectivity index is 0. The smallest absolute Gasteiger partial charge is 0.194 e. The Morgan fingerprint density at radius 3 is 1.10 bits per heavy atom. The van der Waals surface area contributed by atoms with Crippen molar-refractivity contribution in [3.8, 4) is 0 Å². The van der Waals surface area contributed by atoms with Crippen LogP contribution >= 0.6 is 21.4 Å². The Kier molecular flexibility index (Phi) is 7.22. The van der Waals surface area contributed by atoms with Gasteiger partial charge in [-0.05, 0) is 0 Å². The van der Waals surface area contributed by atoms with Crippen molar-refractivity contribution in [1.82, 2.24) is 4.13 Å². The van der Waals surface area contributed by atoms with Crippen molar-refractivity contribution in [1.29, 1.82) is 0 Å². The third kappa shape index (κ3) is 12.7. The van der Waals surface area contributed by atoms with E-state index in [2.05, 4.69) is 21.4 Å². The summed E-state index contributed by atoms with van der Waals surface area (Å²) in [6.07, 6.45) is 0. The van der Waals surface area contributed by atoms with Crippen LogP contribution in [0.4, 0.5) is 0 Å². The van der Waals surface area contributed by atoms with Gasteiger partial charge in [0.2, 0.25) is 0 Å². The van der Waals surface area contributed by atoms with E-state index in [1.807, 2.05) is 0 Å². The Morgan fingerprint density at radius 1 is 0.900 bits per heavy atom. The van der Waals surface area contributed by atoms with Gasteiger partial charge in [-0.2, -0.15) is 16.8 Å². The van der Waals surface area contributed by atoms with E-state index in [9.17, 15) is 16.8 Å². The second kappa shape index (κ2) is 4.95. The molecule has 0 saturated carbocycles. The van der Waals surface area contributed by atoms with Crippen molar-refractivity contribution in [3.63, 3.8) is 0 Å². The van der Waals surface area contributed by atoms with E-state index in [0.717, 1.165) is 4.13 Å². The summed E-state index contributed by atoms with van der Waals surface area (Å²) >= 11 is 0. The molecule has 10 heavy (non-hydrogen) atoms. The van der Waals surface area contributed by atoms with Gasteiger partial charge in [0.1, 0.15) is 0 Å². The molecule has 0 amide bonds. The van der Waals surface area contributed by atoms with E-state index < -0.39 is 18.5 Å². The van der Waals surface area contributed by atoms with Crippen LogP contribution in [-0.2, 0) is 18.5 Å². The summed E-state index contributed by atoms with van der Waals surface area (Å²) in [5.74, 6) is 0. The molecule has 0 heterocycles. The Bertz CT molecular complexity index is 246. The molecule has 0 fully saturated rings. The second-order valence-electron chi connectivity index (χ2n) is 0.959. The molecule has 57 valence electrons. The van der Waals surface area contributed by atoms with Gasteiger partial charge in [-0.1, -0.05) is 4.13 Å². The van der Waals surface area contributed by atoms with Gasteiger partial charge in [-0.3, -0.25) is 0 Å². The molecular formula is HCl2KNO4S2. The summed E-state index contributed by atoms with van der Waals surface area (Å²) in [7, 11) is 0.272. The molecule has 0 aromatic carbocycles. The van der Waals surface area contributed by atoms with Crippen molar-refractivity contribution in [2.45, 2.75) is 0 Å². The summed E-state index contributed by atoms with van der Waals surface area (Å²) in [5, 5.41) is 0. The number of hydrogen-bond acceptors (Lipinski definition) is 4. The van der Waals surface area contributed by atoms with E-state index in [0.29, 0.717) is 0 Å². The van der Waals surface area contributed by atoms with Crippen LogP contribution in [0, 0.1) is 0 Å². The summed E-state index contributed by atoms with van der Waals surface area (Å²) < 4.78 is 40.3. The van der Waals surface area contributed by atoms with Crippen LogP contribution in [0.25, 0.3) is 0 Å². The first-order chi connectivity index (χ1) is 3.71. The normalized spacial score (nSPS) is 12.2. The molecule has 0 spiro atoms. The average molecular weight is 253 g/mol. The van der Waals surface area contributed by atoms with Crippen LogP contribution in [0.3, 0.4) is 0 Å². The van der Waals surface area contributed by atoms with E-state index in [1.165, 1.54) is 0 Å². The number of rotatable bonds is 2. The first-order valence-electron chi connectivity index (χ1n) is 1.38. The molecule has 0 bridgehead atoms. The van der Waals surface area contributed by atoms with Crippen molar-refractivity contribution in [2.24, 2.45) is 0 Å². The topological polar surface area (TPSA) is 80.3 Å². The van der Waals surface area contributed by atoms with Crippen LogP contribution in [-0.4, -0.2) is 68.2 Å². The largest absolute Gasteiger partial charge is 0.311 e.